The maximum atomic E-state index is 12.5. The Morgan fingerprint density at radius 2 is 1.72 bits per heavy atom. The Kier molecular flexibility index (Phi) is 9.84. The van der Waals surface area contributed by atoms with E-state index in [9.17, 15) is 14.4 Å². The summed E-state index contributed by atoms with van der Waals surface area (Å²) in [5.74, 6) is 0.353. The van der Waals surface area contributed by atoms with Gasteiger partial charge in [0.15, 0.2) is 5.76 Å². The van der Waals surface area contributed by atoms with Crippen molar-refractivity contribution in [1.29, 1.82) is 0 Å². The zero-order valence-corrected chi connectivity index (χ0v) is 20.5. The number of carbonyl (C=O) groups is 2. The van der Waals surface area contributed by atoms with Crippen LogP contribution in [-0.4, -0.2) is 40.0 Å². The summed E-state index contributed by atoms with van der Waals surface area (Å²) in [5.41, 5.74) is -0.565. The van der Waals surface area contributed by atoms with Gasteiger partial charge in [-0.25, -0.2) is 9.59 Å². The number of hydrogen-bond acceptors (Lipinski definition) is 5. The molecule has 0 aromatic carbocycles. The molecule has 2 amide bonds. The molecule has 8 nitrogen and oxygen atoms in total. The lowest BCUT2D eigenvalue weighted by molar-refractivity contribution is 0.0203. The molecule has 1 aromatic rings. The Hall–Kier alpha value is -2.25. The SMILES string of the molecule is CC(C)(C)OC(=O)N1CCc2c(on(C(=O)NC3CCCCC3)c2=O)C1.CCCCCC. The molecule has 2 heterocycles. The Morgan fingerprint density at radius 1 is 1.09 bits per heavy atom. The molecule has 0 radical (unpaired) electrons. The fourth-order valence-electron chi connectivity index (χ4n) is 3.91. The average molecular weight is 452 g/mol. The highest BCUT2D eigenvalue weighted by Gasteiger charge is 2.31. The molecule has 1 aliphatic heterocycles. The van der Waals surface area contributed by atoms with Crippen molar-refractivity contribution in [2.75, 3.05) is 6.54 Å². The fourth-order valence-corrected chi connectivity index (χ4v) is 3.91. The van der Waals surface area contributed by atoms with Crippen LogP contribution in [0.4, 0.5) is 9.59 Å². The summed E-state index contributed by atoms with van der Waals surface area (Å²) in [6, 6.07) is -0.441. The number of nitrogens with one attached hydrogen (secondary N) is 1. The van der Waals surface area contributed by atoms with Crippen molar-refractivity contribution in [1.82, 2.24) is 15.0 Å². The van der Waals surface area contributed by atoms with E-state index in [0.717, 1.165) is 30.4 Å². The highest BCUT2D eigenvalue weighted by Crippen LogP contribution is 2.20. The average Bonchev–Trinajstić information content (AvgIpc) is 3.08. The molecule has 182 valence electrons. The van der Waals surface area contributed by atoms with Crippen LogP contribution in [-0.2, 0) is 17.7 Å². The third-order valence-corrected chi connectivity index (χ3v) is 5.67. The Labute approximate surface area is 191 Å². The van der Waals surface area contributed by atoms with Crippen LogP contribution in [0.5, 0.6) is 0 Å². The number of aromatic nitrogens is 1. The lowest BCUT2D eigenvalue weighted by atomic mass is 9.96. The second-order valence-corrected chi connectivity index (χ2v) is 9.74. The standard InChI is InChI=1S/C18H27N3O5.C6H14/c1-18(2,3)25-17(24)20-10-9-13-14(11-20)26-21(15(13)22)16(23)19-12-7-5-4-6-8-12;1-3-5-6-4-2/h12H,4-11H2,1-3H3,(H,19,23);3-6H2,1-2H3. The molecular weight excluding hydrogens is 410 g/mol. The van der Waals surface area contributed by atoms with Crippen LogP contribution in [0.15, 0.2) is 9.32 Å². The summed E-state index contributed by atoms with van der Waals surface area (Å²) >= 11 is 0. The molecule has 3 rings (SSSR count). The van der Waals surface area contributed by atoms with Crippen LogP contribution in [0.2, 0.25) is 0 Å². The monoisotopic (exact) mass is 451 g/mol. The van der Waals surface area contributed by atoms with Crippen molar-refractivity contribution in [2.24, 2.45) is 0 Å². The van der Waals surface area contributed by atoms with Crippen molar-refractivity contribution in [2.45, 2.75) is 117 Å². The molecule has 1 aromatic heterocycles. The Morgan fingerprint density at radius 3 is 2.28 bits per heavy atom. The minimum Gasteiger partial charge on any atom is -0.444 e. The first-order valence-electron chi connectivity index (χ1n) is 12.2. The van der Waals surface area contributed by atoms with Crippen molar-refractivity contribution in [3.8, 4) is 0 Å². The normalized spacial score (nSPS) is 16.6. The molecule has 1 fully saturated rings. The van der Waals surface area contributed by atoms with Gasteiger partial charge in [-0.15, -0.1) is 0 Å². The summed E-state index contributed by atoms with van der Waals surface area (Å²) in [4.78, 5) is 38.6. The fraction of sp³-hybridized carbons (Fsp3) is 0.792. The van der Waals surface area contributed by atoms with E-state index in [1.807, 2.05) is 0 Å². The maximum absolute atomic E-state index is 12.5. The summed E-state index contributed by atoms with van der Waals surface area (Å²) < 4.78 is 11.6. The summed E-state index contributed by atoms with van der Waals surface area (Å²) in [6.07, 6.45) is 10.6. The van der Waals surface area contributed by atoms with Crippen LogP contribution >= 0.6 is 0 Å². The zero-order valence-electron chi connectivity index (χ0n) is 20.5. The van der Waals surface area contributed by atoms with Crippen LogP contribution in [0, 0.1) is 0 Å². The van der Waals surface area contributed by atoms with Crippen LogP contribution in [0.25, 0.3) is 0 Å². The van der Waals surface area contributed by atoms with E-state index in [4.69, 9.17) is 9.26 Å². The second kappa shape index (κ2) is 12.1. The van der Waals surface area contributed by atoms with Crippen molar-refractivity contribution >= 4 is 12.1 Å². The summed E-state index contributed by atoms with van der Waals surface area (Å²) in [6.45, 7) is 10.3. The van der Waals surface area contributed by atoms with Crippen LogP contribution in [0.1, 0.15) is 104 Å². The lowest BCUT2D eigenvalue weighted by Gasteiger charge is -2.28. The van der Waals surface area contributed by atoms with Gasteiger partial charge in [0.25, 0.3) is 5.56 Å². The maximum Gasteiger partial charge on any atom is 0.410 e. The number of hydrogen-bond donors (Lipinski definition) is 1. The van der Waals surface area contributed by atoms with Gasteiger partial charge in [0.05, 0.1) is 12.1 Å². The predicted molar refractivity (Wildman–Crippen MR) is 124 cm³/mol. The molecule has 1 aliphatic carbocycles. The number of nitrogens with zero attached hydrogens (tertiary/aromatic N) is 2. The molecular formula is C24H41N3O5. The van der Waals surface area contributed by atoms with Gasteiger partial charge in [-0.05, 0) is 40.0 Å². The molecule has 8 heteroatoms. The minimum atomic E-state index is -0.593. The minimum absolute atomic E-state index is 0.0866. The van der Waals surface area contributed by atoms with E-state index in [1.54, 1.807) is 20.8 Å². The molecule has 32 heavy (non-hydrogen) atoms. The molecule has 1 N–H and O–H groups in total. The van der Waals surface area contributed by atoms with Gasteiger partial charge < -0.3 is 19.5 Å². The number of unbranched alkanes of at least 4 members (excludes halogenated alkanes) is 3. The first-order valence-corrected chi connectivity index (χ1v) is 12.2. The van der Waals surface area contributed by atoms with Crippen LogP contribution < -0.4 is 10.9 Å². The van der Waals surface area contributed by atoms with E-state index in [1.165, 1.54) is 37.0 Å². The molecule has 0 saturated heterocycles. The Balaban J connectivity index is 0.000000534. The first kappa shape index (κ1) is 26.0. The largest absolute Gasteiger partial charge is 0.444 e. The number of fused-ring (bicyclic) bond motifs is 1. The number of ether oxygens (including phenoxy) is 1. The van der Waals surface area contributed by atoms with Crippen molar-refractivity contribution < 1.29 is 18.8 Å². The molecule has 0 unspecified atom stereocenters. The molecule has 0 atom stereocenters. The van der Waals surface area contributed by atoms with E-state index >= 15 is 0 Å². The molecule has 2 aliphatic rings. The van der Waals surface area contributed by atoms with Crippen LogP contribution in [0.3, 0.4) is 0 Å². The van der Waals surface area contributed by atoms with Crippen molar-refractivity contribution in [3.63, 3.8) is 0 Å². The zero-order chi connectivity index (χ0) is 23.7. The molecule has 0 spiro atoms. The predicted octanol–water partition coefficient (Wildman–Crippen LogP) is 5.21. The highest BCUT2D eigenvalue weighted by atomic mass is 16.6. The molecule has 0 bridgehead atoms. The van der Waals surface area contributed by atoms with E-state index in [2.05, 4.69) is 19.2 Å². The van der Waals surface area contributed by atoms with E-state index in [0.29, 0.717) is 24.3 Å². The van der Waals surface area contributed by atoms with Gasteiger partial charge in [0.2, 0.25) is 0 Å². The molecule has 1 saturated carbocycles. The summed E-state index contributed by atoms with van der Waals surface area (Å²) in [7, 11) is 0. The highest BCUT2D eigenvalue weighted by molar-refractivity contribution is 5.75. The lowest BCUT2D eigenvalue weighted by Crippen LogP contribution is -2.42. The number of rotatable bonds is 4. The van der Waals surface area contributed by atoms with Gasteiger partial charge in [-0.2, -0.15) is 0 Å². The third kappa shape index (κ3) is 7.71. The van der Waals surface area contributed by atoms with Gasteiger partial charge in [-0.3, -0.25) is 4.79 Å². The smallest absolute Gasteiger partial charge is 0.410 e. The van der Waals surface area contributed by atoms with Gasteiger partial charge in [0.1, 0.15) is 5.60 Å². The van der Waals surface area contributed by atoms with E-state index < -0.39 is 23.3 Å². The van der Waals surface area contributed by atoms with E-state index in [-0.39, 0.29) is 12.6 Å². The Bertz CT molecular complexity index is 796. The topological polar surface area (TPSA) is 93.8 Å². The second-order valence-electron chi connectivity index (χ2n) is 9.74. The number of carbonyl (C=O) groups excluding carboxylic acids is 2. The third-order valence-electron chi connectivity index (χ3n) is 5.67. The summed E-state index contributed by atoms with van der Waals surface area (Å²) in [5, 5.41) is 2.88. The van der Waals surface area contributed by atoms with Gasteiger partial charge >= 0.3 is 12.1 Å². The number of amides is 2. The van der Waals surface area contributed by atoms with Crippen molar-refractivity contribution in [3.05, 3.63) is 21.7 Å². The first-order chi connectivity index (χ1) is 15.2. The van der Waals surface area contributed by atoms with Gasteiger partial charge in [0, 0.05) is 12.6 Å². The van der Waals surface area contributed by atoms with Gasteiger partial charge in [-0.1, -0.05) is 63.5 Å². The quantitative estimate of drug-likeness (QED) is 0.634.